The molecule has 0 aliphatic carbocycles. The van der Waals surface area contributed by atoms with Gasteiger partial charge in [0, 0.05) is 16.5 Å². The maximum Gasteiger partial charge on any atom is 0.244 e. The molecule has 0 saturated carbocycles. The lowest BCUT2D eigenvalue weighted by Crippen LogP contribution is -2.20. The zero-order valence-corrected chi connectivity index (χ0v) is 18.5. The van der Waals surface area contributed by atoms with Crippen LogP contribution in [0.3, 0.4) is 0 Å². The smallest absolute Gasteiger partial charge is 0.244 e. The van der Waals surface area contributed by atoms with Gasteiger partial charge in [0.2, 0.25) is 11.9 Å². The highest BCUT2D eigenvalue weighted by Crippen LogP contribution is 2.27. The van der Waals surface area contributed by atoms with Crippen molar-refractivity contribution >= 4 is 40.9 Å². The Balaban J connectivity index is 1.36. The molecule has 0 saturated heterocycles. The van der Waals surface area contributed by atoms with Crippen molar-refractivity contribution in [1.29, 1.82) is 0 Å². The number of thioether (sulfide) groups is 1. The van der Waals surface area contributed by atoms with Crippen molar-refractivity contribution in [3.05, 3.63) is 89.4 Å². The third kappa shape index (κ3) is 5.60. The average Bonchev–Trinajstić information content (AvgIpc) is 3.14. The van der Waals surface area contributed by atoms with Crippen LogP contribution in [0, 0.1) is 0 Å². The lowest BCUT2D eigenvalue weighted by atomic mass is 10.2. The number of ether oxygens (including phenoxy) is 1. The largest absolute Gasteiger partial charge is 0.457 e. The number of amides is 1. The number of nitrogen functional groups attached to an aromatic ring is 1. The summed E-state index contributed by atoms with van der Waals surface area (Å²) in [5, 5.41) is 12.1. The molecule has 0 radical (unpaired) electrons. The molecular formula is C23H20ClN5O2S. The average molecular weight is 466 g/mol. The van der Waals surface area contributed by atoms with Crippen molar-refractivity contribution < 1.29 is 9.53 Å². The predicted molar refractivity (Wildman–Crippen MR) is 127 cm³/mol. The van der Waals surface area contributed by atoms with Gasteiger partial charge in [0.15, 0.2) is 5.16 Å². The number of nitrogens with one attached hydrogen (secondary N) is 1. The second kappa shape index (κ2) is 10.2. The van der Waals surface area contributed by atoms with Gasteiger partial charge in [0.1, 0.15) is 18.0 Å². The van der Waals surface area contributed by atoms with Crippen LogP contribution in [0.25, 0.3) is 0 Å². The number of anilines is 2. The van der Waals surface area contributed by atoms with Gasteiger partial charge in [0.05, 0.1) is 0 Å². The Labute approximate surface area is 194 Å². The maximum atomic E-state index is 12.6. The number of aromatic nitrogens is 3. The zero-order chi connectivity index (χ0) is 22.3. The third-order valence-electron chi connectivity index (χ3n) is 4.48. The monoisotopic (exact) mass is 465 g/mol. The first kappa shape index (κ1) is 21.7. The van der Waals surface area contributed by atoms with Crippen LogP contribution in [-0.4, -0.2) is 20.7 Å². The van der Waals surface area contributed by atoms with Gasteiger partial charge in [-0.05, 0) is 48.0 Å². The van der Waals surface area contributed by atoms with E-state index in [1.807, 2.05) is 54.6 Å². The van der Waals surface area contributed by atoms with Crippen molar-refractivity contribution in [3.8, 4) is 11.5 Å². The molecule has 7 nitrogen and oxygen atoms in total. The number of carbonyl (C=O) groups excluding carboxylic acids is 1. The van der Waals surface area contributed by atoms with E-state index in [9.17, 15) is 4.79 Å². The highest BCUT2D eigenvalue weighted by atomic mass is 35.5. The first-order valence-corrected chi connectivity index (χ1v) is 11.1. The summed E-state index contributed by atoms with van der Waals surface area (Å²) < 4.78 is 7.34. The number of rotatable bonds is 8. The molecule has 3 N–H and O–H groups in total. The summed E-state index contributed by atoms with van der Waals surface area (Å²) in [7, 11) is 0. The summed E-state index contributed by atoms with van der Waals surface area (Å²) in [5.74, 6) is 1.94. The van der Waals surface area contributed by atoms with Crippen LogP contribution < -0.4 is 15.8 Å². The normalized spacial score (nSPS) is 10.7. The Morgan fingerprint density at radius 1 is 0.969 bits per heavy atom. The summed E-state index contributed by atoms with van der Waals surface area (Å²) in [4.78, 5) is 12.6. The maximum absolute atomic E-state index is 12.6. The number of hydrogen-bond acceptors (Lipinski definition) is 6. The van der Waals surface area contributed by atoms with E-state index in [4.69, 9.17) is 22.1 Å². The van der Waals surface area contributed by atoms with Gasteiger partial charge in [-0.1, -0.05) is 59.8 Å². The Morgan fingerprint density at radius 3 is 2.41 bits per heavy atom. The SMILES string of the molecule is Nc1nnc(SCc2ccccc2Cl)n1CC(=O)Nc1ccc(Oc2ccccc2)cc1. The highest BCUT2D eigenvalue weighted by Gasteiger charge is 2.15. The zero-order valence-electron chi connectivity index (χ0n) is 16.9. The first-order valence-electron chi connectivity index (χ1n) is 9.76. The van der Waals surface area contributed by atoms with Crippen LogP contribution in [0.5, 0.6) is 11.5 Å². The number of hydrogen-bond donors (Lipinski definition) is 2. The second-order valence-corrected chi connectivity index (χ2v) is 8.14. The van der Waals surface area contributed by atoms with Gasteiger partial charge >= 0.3 is 0 Å². The molecule has 0 atom stereocenters. The lowest BCUT2D eigenvalue weighted by Gasteiger charge is -2.10. The Kier molecular flexibility index (Phi) is 6.94. The number of halogens is 1. The Hall–Kier alpha value is -3.49. The summed E-state index contributed by atoms with van der Waals surface area (Å²) in [6, 6.07) is 24.2. The molecule has 0 spiro atoms. The third-order valence-corrected chi connectivity index (χ3v) is 5.86. The van der Waals surface area contributed by atoms with Crippen LogP contribution in [0.2, 0.25) is 5.02 Å². The molecule has 4 rings (SSSR count). The molecule has 3 aromatic carbocycles. The van der Waals surface area contributed by atoms with Gasteiger partial charge in [-0.3, -0.25) is 9.36 Å². The van der Waals surface area contributed by atoms with Crippen molar-refractivity contribution in [2.24, 2.45) is 0 Å². The highest BCUT2D eigenvalue weighted by molar-refractivity contribution is 7.98. The molecule has 0 unspecified atom stereocenters. The summed E-state index contributed by atoms with van der Waals surface area (Å²) in [6.45, 7) is -0.00798. The standard InChI is InChI=1S/C23H20ClN5O2S/c24-20-9-5-4-6-16(20)15-32-23-28-27-22(25)29(23)14-21(30)26-17-10-12-19(13-11-17)31-18-7-2-1-3-8-18/h1-13H,14-15H2,(H2,25,27)(H,26,30). The number of para-hydroxylation sites is 1. The van der Waals surface area contributed by atoms with E-state index < -0.39 is 0 Å². The van der Waals surface area contributed by atoms with E-state index in [1.54, 1.807) is 28.8 Å². The topological polar surface area (TPSA) is 95.1 Å². The second-order valence-electron chi connectivity index (χ2n) is 6.79. The lowest BCUT2D eigenvalue weighted by molar-refractivity contribution is -0.116. The van der Waals surface area contributed by atoms with Gasteiger partial charge < -0.3 is 15.8 Å². The molecule has 0 aliphatic rings. The van der Waals surface area contributed by atoms with Crippen LogP contribution in [0.1, 0.15) is 5.56 Å². The first-order chi connectivity index (χ1) is 15.6. The molecule has 0 aliphatic heterocycles. The van der Waals surface area contributed by atoms with E-state index >= 15 is 0 Å². The Bertz CT molecular complexity index is 1200. The van der Waals surface area contributed by atoms with Crippen LogP contribution in [0.4, 0.5) is 11.6 Å². The van der Waals surface area contributed by atoms with E-state index in [1.165, 1.54) is 11.8 Å². The minimum Gasteiger partial charge on any atom is -0.457 e. The predicted octanol–water partition coefficient (Wildman–Crippen LogP) is 5.24. The Morgan fingerprint density at radius 2 is 1.66 bits per heavy atom. The molecule has 32 heavy (non-hydrogen) atoms. The number of nitrogens with zero attached hydrogens (tertiary/aromatic N) is 3. The van der Waals surface area contributed by atoms with Gasteiger partial charge in [-0.2, -0.15) is 0 Å². The van der Waals surface area contributed by atoms with E-state index in [2.05, 4.69) is 15.5 Å². The van der Waals surface area contributed by atoms with Crippen LogP contribution >= 0.6 is 23.4 Å². The molecule has 1 amide bonds. The summed E-state index contributed by atoms with van der Waals surface area (Å²) >= 11 is 7.63. The summed E-state index contributed by atoms with van der Waals surface area (Å²) in [5.41, 5.74) is 7.54. The minimum atomic E-state index is -0.243. The molecule has 1 heterocycles. The van der Waals surface area contributed by atoms with Gasteiger partial charge in [-0.25, -0.2) is 0 Å². The number of nitrogens with two attached hydrogens (primary N) is 1. The van der Waals surface area contributed by atoms with Crippen molar-refractivity contribution in [2.45, 2.75) is 17.5 Å². The fourth-order valence-corrected chi connectivity index (χ4v) is 4.12. The fourth-order valence-electron chi connectivity index (χ4n) is 2.89. The minimum absolute atomic E-state index is 0.00798. The van der Waals surface area contributed by atoms with E-state index in [-0.39, 0.29) is 18.4 Å². The van der Waals surface area contributed by atoms with Crippen molar-refractivity contribution in [2.75, 3.05) is 11.1 Å². The van der Waals surface area contributed by atoms with Gasteiger partial charge in [0.25, 0.3) is 0 Å². The molecule has 0 fully saturated rings. The van der Waals surface area contributed by atoms with E-state index in [0.29, 0.717) is 27.4 Å². The molecule has 9 heteroatoms. The van der Waals surface area contributed by atoms with Crippen molar-refractivity contribution in [1.82, 2.24) is 14.8 Å². The number of benzene rings is 3. The number of carbonyl (C=O) groups is 1. The quantitative estimate of drug-likeness (QED) is 0.346. The van der Waals surface area contributed by atoms with Crippen LogP contribution in [0.15, 0.2) is 84.0 Å². The van der Waals surface area contributed by atoms with Crippen LogP contribution in [-0.2, 0) is 17.1 Å². The molecule has 1 aromatic heterocycles. The van der Waals surface area contributed by atoms with Gasteiger partial charge in [-0.15, -0.1) is 10.2 Å². The molecular weight excluding hydrogens is 446 g/mol. The van der Waals surface area contributed by atoms with E-state index in [0.717, 1.165) is 11.3 Å². The molecule has 162 valence electrons. The summed E-state index contributed by atoms with van der Waals surface area (Å²) in [6.07, 6.45) is 0. The molecule has 4 aromatic rings. The van der Waals surface area contributed by atoms with Crippen molar-refractivity contribution in [3.63, 3.8) is 0 Å². The fraction of sp³-hybridized carbons (Fsp3) is 0.0870. The molecule has 0 bridgehead atoms.